The summed E-state index contributed by atoms with van der Waals surface area (Å²) in [6.45, 7) is 0.623. The van der Waals surface area contributed by atoms with Crippen LogP contribution in [0, 0.1) is 0 Å². The average molecular weight is 316 g/mol. The topological polar surface area (TPSA) is 46.2 Å². The van der Waals surface area contributed by atoms with Gasteiger partial charge in [-0.15, -0.1) is 11.6 Å². The van der Waals surface area contributed by atoms with Crippen LogP contribution >= 0.6 is 11.6 Å². The van der Waals surface area contributed by atoms with E-state index in [1.165, 1.54) is 12.1 Å². The Hall–Kier alpha value is -0.950. The van der Waals surface area contributed by atoms with Crippen LogP contribution in [0.4, 0.5) is 18.9 Å². The fourth-order valence-electron chi connectivity index (χ4n) is 1.34. The van der Waals surface area contributed by atoms with E-state index in [1.807, 2.05) is 0 Å². The minimum Gasteiger partial charge on any atom is -0.385 e. The summed E-state index contributed by atoms with van der Waals surface area (Å²) in [5, 5.41) is 2.96. The normalized spacial score (nSPS) is 12.4. The van der Waals surface area contributed by atoms with E-state index in [0.717, 1.165) is 25.0 Å². The maximum Gasteiger partial charge on any atom is 0.501 e. The zero-order valence-electron chi connectivity index (χ0n) is 9.87. The molecule has 1 aromatic carbocycles. The highest BCUT2D eigenvalue weighted by Gasteiger charge is 2.46. The van der Waals surface area contributed by atoms with Crippen LogP contribution < -0.4 is 5.32 Å². The van der Waals surface area contributed by atoms with Crippen molar-refractivity contribution in [2.45, 2.75) is 23.2 Å². The number of rotatable bonds is 6. The summed E-state index contributed by atoms with van der Waals surface area (Å²) in [6, 6.07) is 4.48. The van der Waals surface area contributed by atoms with Crippen molar-refractivity contribution in [3.63, 3.8) is 0 Å². The van der Waals surface area contributed by atoms with Gasteiger partial charge in [0.1, 0.15) is 0 Å². The highest BCUT2D eigenvalue weighted by atomic mass is 35.5. The van der Waals surface area contributed by atoms with Gasteiger partial charge in [-0.05, 0) is 37.1 Å². The Morgan fingerprint density at radius 3 is 2.16 bits per heavy atom. The quantitative estimate of drug-likeness (QED) is 0.646. The maximum atomic E-state index is 12.3. The third kappa shape index (κ3) is 4.28. The molecule has 0 atom stereocenters. The van der Waals surface area contributed by atoms with Gasteiger partial charge in [0.05, 0.1) is 4.90 Å². The third-order valence-corrected chi connectivity index (χ3v) is 4.13. The van der Waals surface area contributed by atoms with Crippen LogP contribution in [0.15, 0.2) is 29.2 Å². The molecule has 8 heteroatoms. The molecule has 0 spiro atoms. The summed E-state index contributed by atoms with van der Waals surface area (Å²) < 4.78 is 59.1. The van der Waals surface area contributed by atoms with Gasteiger partial charge in [0.15, 0.2) is 0 Å². The van der Waals surface area contributed by atoms with E-state index in [0.29, 0.717) is 18.1 Å². The molecule has 0 heterocycles. The molecule has 1 aromatic rings. The molecular weight excluding hydrogens is 303 g/mol. The Labute approximate surface area is 114 Å². The van der Waals surface area contributed by atoms with Crippen LogP contribution in [0.3, 0.4) is 0 Å². The van der Waals surface area contributed by atoms with Crippen molar-refractivity contribution in [2.75, 3.05) is 17.7 Å². The van der Waals surface area contributed by atoms with Crippen LogP contribution in [0.2, 0.25) is 0 Å². The van der Waals surface area contributed by atoms with Gasteiger partial charge in [0, 0.05) is 18.1 Å². The first kappa shape index (κ1) is 16.1. The molecule has 1 rings (SSSR count). The Kier molecular flexibility index (Phi) is 5.49. The molecule has 0 unspecified atom stereocenters. The first-order chi connectivity index (χ1) is 8.79. The third-order valence-electron chi connectivity index (χ3n) is 2.36. The monoisotopic (exact) mass is 315 g/mol. The summed E-state index contributed by atoms with van der Waals surface area (Å²) in [4.78, 5) is -0.758. The van der Waals surface area contributed by atoms with Crippen LogP contribution in [0.5, 0.6) is 0 Å². The molecule has 0 radical (unpaired) electrons. The van der Waals surface area contributed by atoms with Crippen LogP contribution in [0.25, 0.3) is 0 Å². The number of sulfone groups is 1. The summed E-state index contributed by atoms with van der Waals surface area (Å²) in [7, 11) is -5.27. The fourth-order valence-corrected chi connectivity index (χ4v) is 2.29. The molecule has 0 saturated heterocycles. The lowest BCUT2D eigenvalue weighted by Gasteiger charge is -2.09. The summed E-state index contributed by atoms with van der Waals surface area (Å²) in [6.07, 6.45) is 1.65. The second-order valence-electron chi connectivity index (χ2n) is 3.80. The number of hydrogen-bond donors (Lipinski definition) is 1. The number of anilines is 1. The van der Waals surface area contributed by atoms with Crippen molar-refractivity contribution in [2.24, 2.45) is 0 Å². The van der Waals surface area contributed by atoms with Crippen molar-refractivity contribution >= 4 is 27.1 Å². The molecule has 0 fully saturated rings. The molecule has 108 valence electrons. The second-order valence-corrected chi connectivity index (χ2v) is 6.12. The number of unbranched alkanes of at least 4 members (excludes halogenated alkanes) is 1. The molecule has 0 amide bonds. The van der Waals surface area contributed by atoms with E-state index in [-0.39, 0.29) is 0 Å². The van der Waals surface area contributed by atoms with Crippen molar-refractivity contribution in [1.29, 1.82) is 0 Å². The van der Waals surface area contributed by atoms with E-state index < -0.39 is 20.2 Å². The summed E-state index contributed by atoms with van der Waals surface area (Å²) >= 11 is 5.50. The van der Waals surface area contributed by atoms with Crippen LogP contribution in [-0.2, 0) is 9.84 Å². The molecule has 0 aromatic heterocycles. The molecule has 0 saturated carbocycles. The zero-order valence-corrected chi connectivity index (χ0v) is 11.4. The molecular formula is C11H13ClF3NO2S. The van der Waals surface area contributed by atoms with Gasteiger partial charge < -0.3 is 5.32 Å². The Bertz CT molecular complexity index is 500. The Morgan fingerprint density at radius 1 is 1.11 bits per heavy atom. The van der Waals surface area contributed by atoms with Crippen LogP contribution in [0.1, 0.15) is 12.8 Å². The predicted molar refractivity (Wildman–Crippen MR) is 68.1 cm³/mol. The smallest absolute Gasteiger partial charge is 0.385 e. The SMILES string of the molecule is O=S(=O)(c1ccc(NCCCCCl)cc1)C(F)(F)F. The van der Waals surface area contributed by atoms with E-state index >= 15 is 0 Å². The van der Waals surface area contributed by atoms with Gasteiger partial charge in [-0.1, -0.05) is 0 Å². The number of halogens is 4. The van der Waals surface area contributed by atoms with Gasteiger partial charge >= 0.3 is 5.51 Å². The predicted octanol–water partition coefficient (Wildman–Crippen LogP) is 3.41. The van der Waals surface area contributed by atoms with Gasteiger partial charge in [-0.25, -0.2) is 8.42 Å². The van der Waals surface area contributed by atoms with E-state index in [4.69, 9.17) is 11.6 Å². The lowest BCUT2D eigenvalue weighted by molar-refractivity contribution is -0.0436. The molecule has 0 aliphatic carbocycles. The van der Waals surface area contributed by atoms with Gasteiger partial charge in [0.2, 0.25) is 0 Å². The number of nitrogens with one attached hydrogen (secondary N) is 1. The lowest BCUT2D eigenvalue weighted by Crippen LogP contribution is -2.23. The highest BCUT2D eigenvalue weighted by molar-refractivity contribution is 7.92. The maximum absolute atomic E-state index is 12.3. The molecule has 1 N–H and O–H groups in total. The van der Waals surface area contributed by atoms with Crippen molar-refractivity contribution in [3.05, 3.63) is 24.3 Å². The van der Waals surface area contributed by atoms with Crippen LogP contribution in [-0.4, -0.2) is 26.4 Å². The standard InChI is InChI=1S/C11H13ClF3NO2S/c12-7-1-2-8-16-9-3-5-10(6-4-9)19(17,18)11(13,14)15/h3-6,16H,1-2,7-8H2. The van der Waals surface area contributed by atoms with Crippen molar-refractivity contribution in [3.8, 4) is 0 Å². The Balaban J connectivity index is 2.72. The molecule has 19 heavy (non-hydrogen) atoms. The van der Waals surface area contributed by atoms with Crippen molar-refractivity contribution < 1.29 is 21.6 Å². The van der Waals surface area contributed by atoms with E-state index in [9.17, 15) is 21.6 Å². The summed E-state index contributed by atoms with van der Waals surface area (Å²) in [5.74, 6) is 0.546. The Morgan fingerprint density at radius 2 is 1.68 bits per heavy atom. The highest BCUT2D eigenvalue weighted by Crippen LogP contribution is 2.30. The van der Waals surface area contributed by atoms with E-state index in [1.54, 1.807) is 0 Å². The first-order valence-corrected chi connectivity index (χ1v) is 7.52. The minimum atomic E-state index is -5.28. The molecule has 0 aliphatic heterocycles. The summed E-state index contributed by atoms with van der Waals surface area (Å²) in [5.41, 5.74) is -4.71. The van der Waals surface area contributed by atoms with Crippen molar-refractivity contribution in [1.82, 2.24) is 0 Å². The number of benzene rings is 1. The number of hydrogen-bond acceptors (Lipinski definition) is 3. The fraction of sp³-hybridized carbons (Fsp3) is 0.455. The van der Waals surface area contributed by atoms with Gasteiger partial charge in [-0.3, -0.25) is 0 Å². The average Bonchev–Trinajstić information content (AvgIpc) is 2.34. The lowest BCUT2D eigenvalue weighted by atomic mass is 10.3. The number of alkyl halides is 4. The molecule has 0 aliphatic rings. The van der Waals surface area contributed by atoms with E-state index in [2.05, 4.69) is 5.32 Å². The van der Waals surface area contributed by atoms with Gasteiger partial charge in [0.25, 0.3) is 9.84 Å². The minimum absolute atomic E-state index is 0.546. The van der Waals surface area contributed by atoms with Gasteiger partial charge in [-0.2, -0.15) is 13.2 Å². The molecule has 0 bridgehead atoms. The zero-order chi connectivity index (χ0) is 14.5. The first-order valence-electron chi connectivity index (χ1n) is 5.50. The molecule has 3 nitrogen and oxygen atoms in total. The second kappa shape index (κ2) is 6.47. The largest absolute Gasteiger partial charge is 0.501 e.